The van der Waals surface area contributed by atoms with Crippen molar-refractivity contribution >= 4 is 27.4 Å². The molecule has 1 aromatic rings. The molecule has 0 aliphatic heterocycles. The van der Waals surface area contributed by atoms with Gasteiger partial charge in [-0.05, 0) is 36.8 Å². The Morgan fingerprint density at radius 1 is 0.857 bits per heavy atom. The number of nitrogens with one attached hydrogen (secondary N) is 3. The van der Waals surface area contributed by atoms with Gasteiger partial charge in [0, 0.05) is 12.1 Å². The van der Waals surface area contributed by atoms with E-state index in [1.807, 2.05) is 24.3 Å². The predicted octanol–water partition coefficient (Wildman–Crippen LogP) is 4.35. The summed E-state index contributed by atoms with van der Waals surface area (Å²) in [7, 11) is -3.74. The quantitative estimate of drug-likeness (QED) is 0.693. The van der Waals surface area contributed by atoms with Gasteiger partial charge in [-0.3, -0.25) is 4.72 Å². The van der Waals surface area contributed by atoms with E-state index in [2.05, 4.69) is 15.4 Å². The zero-order valence-electron chi connectivity index (χ0n) is 15.1. The van der Waals surface area contributed by atoms with Crippen molar-refractivity contribution < 1.29 is 13.2 Å². The number of hydrogen-bond acceptors (Lipinski definition) is 3. The van der Waals surface area contributed by atoms with Gasteiger partial charge in [0.15, 0.2) is 0 Å². The zero-order chi connectivity index (χ0) is 19.8. The smallest absolute Gasteiger partial charge is 0.308 e. The van der Waals surface area contributed by atoms with Crippen LogP contribution in [0.15, 0.2) is 95.6 Å². The molecule has 2 aliphatic carbocycles. The first-order chi connectivity index (χ1) is 13.5. The van der Waals surface area contributed by atoms with E-state index in [-0.39, 0.29) is 4.91 Å². The van der Waals surface area contributed by atoms with Crippen LogP contribution in [-0.2, 0) is 10.0 Å². The highest BCUT2D eigenvalue weighted by molar-refractivity contribution is 7.96. The molecular weight excluding hydrogens is 374 g/mol. The Balaban J connectivity index is 1.74. The molecule has 3 rings (SSSR count). The molecule has 0 spiro atoms. The number of benzene rings is 1. The number of amides is 2. The van der Waals surface area contributed by atoms with E-state index in [0.717, 1.165) is 6.42 Å². The van der Waals surface area contributed by atoms with Gasteiger partial charge in [0.2, 0.25) is 0 Å². The Kier molecular flexibility index (Phi) is 6.29. The van der Waals surface area contributed by atoms with Crippen molar-refractivity contribution in [3.63, 3.8) is 0 Å². The third kappa shape index (κ3) is 5.34. The number of sulfonamides is 1. The Bertz CT molecular complexity index is 1030. The van der Waals surface area contributed by atoms with Crippen LogP contribution in [-0.4, -0.2) is 14.4 Å². The average molecular weight is 395 g/mol. The molecule has 0 aromatic heterocycles. The van der Waals surface area contributed by atoms with Crippen LogP contribution in [0.2, 0.25) is 0 Å². The van der Waals surface area contributed by atoms with Crippen LogP contribution in [0.4, 0.5) is 16.2 Å². The lowest BCUT2D eigenvalue weighted by Gasteiger charge is -2.15. The highest BCUT2D eigenvalue weighted by Gasteiger charge is 2.18. The normalized spacial score (nSPS) is 15.9. The van der Waals surface area contributed by atoms with E-state index >= 15 is 0 Å². The van der Waals surface area contributed by atoms with Gasteiger partial charge in [0.1, 0.15) is 0 Å². The molecule has 144 valence electrons. The summed E-state index contributed by atoms with van der Waals surface area (Å²) < 4.78 is 28.0. The number of carbonyl (C=O) groups is 1. The fourth-order valence-corrected chi connectivity index (χ4v) is 3.77. The van der Waals surface area contributed by atoms with Crippen molar-refractivity contribution in [3.05, 3.63) is 95.6 Å². The molecule has 0 fully saturated rings. The lowest BCUT2D eigenvalue weighted by molar-refractivity contribution is 0.254. The maximum Gasteiger partial charge on any atom is 0.323 e. The minimum atomic E-state index is -3.74. The standard InChI is InChI=1S/C21H21N3O3S/c25-21(22-17-11-5-1-2-6-12-17)23-19-15-9-10-16-20(19)24-28(26,27)18-13-7-3-4-8-14-18/h1,3-13,15-16,24H,2,14H2,(H2,22,23,25). The number of anilines is 2. The van der Waals surface area contributed by atoms with E-state index in [9.17, 15) is 13.2 Å². The first kappa shape index (κ1) is 19.4. The van der Waals surface area contributed by atoms with Gasteiger partial charge in [0.05, 0.1) is 16.3 Å². The van der Waals surface area contributed by atoms with Gasteiger partial charge in [0.25, 0.3) is 10.0 Å². The number of hydrogen-bond donors (Lipinski definition) is 3. The molecule has 0 atom stereocenters. The Hall–Kier alpha value is -3.32. The van der Waals surface area contributed by atoms with Crippen LogP contribution in [0.25, 0.3) is 0 Å². The summed E-state index contributed by atoms with van der Waals surface area (Å²) in [6.07, 6.45) is 19.0. The van der Waals surface area contributed by atoms with Crippen LogP contribution < -0.4 is 15.4 Å². The SMILES string of the molecule is O=C(NC1=CC=CCC=C1)Nc1ccccc1NS(=O)(=O)C1=CC=CC=CC1. The van der Waals surface area contributed by atoms with E-state index < -0.39 is 16.1 Å². The fraction of sp³-hybridized carbons (Fsp3) is 0.0952. The molecule has 0 heterocycles. The first-order valence-electron chi connectivity index (χ1n) is 8.80. The second kappa shape index (κ2) is 9.05. The van der Waals surface area contributed by atoms with Crippen molar-refractivity contribution in [2.45, 2.75) is 12.8 Å². The summed E-state index contributed by atoms with van der Waals surface area (Å²) in [5.74, 6) is 0. The maximum atomic E-state index is 12.7. The molecule has 2 amide bonds. The van der Waals surface area contributed by atoms with Crippen molar-refractivity contribution in [3.8, 4) is 0 Å². The maximum absolute atomic E-state index is 12.7. The molecule has 0 saturated heterocycles. The van der Waals surface area contributed by atoms with E-state index in [1.165, 1.54) is 0 Å². The monoisotopic (exact) mass is 395 g/mol. The molecule has 1 aromatic carbocycles. The van der Waals surface area contributed by atoms with Gasteiger partial charge >= 0.3 is 6.03 Å². The molecule has 3 N–H and O–H groups in total. The number of para-hydroxylation sites is 2. The van der Waals surface area contributed by atoms with Crippen molar-refractivity contribution in [2.75, 3.05) is 10.0 Å². The Labute approximate surface area is 164 Å². The summed E-state index contributed by atoms with van der Waals surface area (Å²) in [5.41, 5.74) is 1.30. The molecule has 0 radical (unpaired) electrons. The van der Waals surface area contributed by atoms with Gasteiger partial charge in [-0.15, -0.1) is 0 Å². The Morgan fingerprint density at radius 2 is 1.68 bits per heavy atom. The molecule has 6 nitrogen and oxygen atoms in total. The summed E-state index contributed by atoms with van der Waals surface area (Å²) >= 11 is 0. The fourth-order valence-electron chi connectivity index (χ4n) is 2.60. The predicted molar refractivity (Wildman–Crippen MR) is 113 cm³/mol. The van der Waals surface area contributed by atoms with Crippen molar-refractivity contribution in [1.82, 2.24) is 5.32 Å². The summed E-state index contributed by atoms with van der Waals surface area (Å²) in [6.45, 7) is 0. The summed E-state index contributed by atoms with van der Waals surface area (Å²) in [4.78, 5) is 12.6. The minimum Gasteiger partial charge on any atom is -0.308 e. The minimum absolute atomic E-state index is 0.247. The highest BCUT2D eigenvalue weighted by atomic mass is 32.2. The van der Waals surface area contributed by atoms with Crippen LogP contribution in [0.5, 0.6) is 0 Å². The van der Waals surface area contributed by atoms with Gasteiger partial charge in [-0.1, -0.05) is 54.7 Å². The molecule has 28 heavy (non-hydrogen) atoms. The number of allylic oxidation sites excluding steroid dienone is 11. The first-order valence-corrected chi connectivity index (χ1v) is 10.3. The van der Waals surface area contributed by atoms with E-state index in [0.29, 0.717) is 23.5 Å². The largest absolute Gasteiger partial charge is 0.323 e. The molecule has 7 heteroatoms. The second-order valence-corrected chi connectivity index (χ2v) is 7.80. The third-order valence-corrected chi connectivity index (χ3v) is 5.45. The Morgan fingerprint density at radius 3 is 2.54 bits per heavy atom. The lowest BCUT2D eigenvalue weighted by Crippen LogP contribution is -2.28. The van der Waals surface area contributed by atoms with E-state index in [4.69, 9.17) is 0 Å². The van der Waals surface area contributed by atoms with Gasteiger partial charge in [-0.25, -0.2) is 13.2 Å². The lowest BCUT2D eigenvalue weighted by atomic mass is 10.3. The average Bonchev–Trinajstić information content (AvgIpc) is 3.08. The highest BCUT2D eigenvalue weighted by Crippen LogP contribution is 2.25. The molecule has 2 aliphatic rings. The van der Waals surface area contributed by atoms with Crippen molar-refractivity contribution in [2.24, 2.45) is 0 Å². The van der Waals surface area contributed by atoms with Crippen LogP contribution in [0.1, 0.15) is 12.8 Å². The second-order valence-electron chi connectivity index (χ2n) is 6.07. The van der Waals surface area contributed by atoms with Crippen LogP contribution >= 0.6 is 0 Å². The summed E-state index contributed by atoms with van der Waals surface area (Å²) in [5, 5.41) is 5.43. The van der Waals surface area contributed by atoms with Crippen molar-refractivity contribution in [1.29, 1.82) is 0 Å². The number of urea groups is 1. The van der Waals surface area contributed by atoms with Gasteiger partial charge < -0.3 is 10.6 Å². The third-order valence-electron chi connectivity index (χ3n) is 3.96. The van der Waals surface area contributed by atoms with E-state index in [1.54, 1.807) is 60.7 Å². The topological polar surface area (TPSA) is 87.3 Å². The van der Waals surface area contributed by atoms with Crippen LogP contribution in [0, 0.1) is 0 Å². The molecule has 0 bridgehead atoms. The van der Waals surface area contributed by atoms with Crippen LogP contribution in [0.3, 0.4) is 0 Å². The number of rotatable bonds is 5. The summed E-state index contributed by atoms with van der Waals surface area (Å²) in [6, 6.07) is 6.19. The zero-order valence-corrected chi connectivity index (χ0v) is 15.9. The van der Waals surface area contributed by atoms with Gasteiger partial charge in [-0.2, -0.15) is 0 Å². The molecule has 0 unspecified atom stereocenters. The molecule has 0 saturated carbocycles. The number of carbonyl (C=O) groups excluding carboxylic acids is 1. The molecular formula is C21H21N3O3S.